The fraction of sp³-hybridized carbons (Fsp3) is 0.375. The minimum atomic E-state index is -0.0621. The minimum Gasteiger partial charge on any atom is -0.381 e. The van der Waals surface area contributed by atoms with Gasteiger partial charge in [0, 0.05) is 66.0 Å². The first-order valence-corrected chi connectivity index (χ1v) is 11.8. The topological polar surface area (TPSA) is 64.7 Å². The second kappa shape index (κ2) is 7.79. The molecule has 4 aromatic rings. The van der Waals surface area contributed by atoms with E-state index in [4.69, 9.17) is 9.72 Å². The Morgan fingerprint density at radius 1 is 1.09 bits per heavy atom. The van der Waals surface area contributed by atoms with Crippen molar-refractivity contribution < 1.29 is 4.74 Å². The molecule has 2 aliphatic rings. The quantitative estimate of drug-likeness (QED) is 0.435. The first-order chi connectivity index (χ1) is 15.6. The largest absolute Gasteiger partial charge is 0.381 e. The number of halogens is 1. The molecular weight excluding hydrogens is 470 g/mol. The van der Waals surface area contributed by atoms with Crippen LogP contribution in [0.5, 0.6) is 0 Å². The molecule has 7 nitrogen and oxygen atoms in total. The van der Waals surface area contributed by atoms with Crippen molar-refractivity contribution >= 4 is 32.3 Å². The van der Waals surface area contributed by atoms with E-state index in [-0.39, 0.29) is 5.56 Å². The summed E-state index contributed by atoms with van der Waals surface area (Å²) in [6.45, 7) is 5.44. The lowest BCUT2D eigenvalue weighted by molar-refractivity contribution is 0.151. The predicted octanol–water partition coefficient (Wildman–Crippen LogP) is 3.47. The first kappa shape index (κ1) is 20.1. The van der Waals surface area contributed by atoms with Crippen LogP contribution >= 0.6 is 15.9 Å². The summed E-state index contributed by atoms with van der Waals surface area (Å²) >= 11 is 3.46. The number of fused-ring (bicyclic) bond motifs is 2. The molecule has 1 unspecified atom stereocenters. The Labute approximate surface area is 193 Å². The summed E-state index contributed by atoms with van der Waals surface area (Å²) in [5, 5.41) is 1.47. The molecule has 0 N–H and O–H groups in total. The van der Waals surface area contributed by atoms with Crippen LogP contribution in [0.25, 0.3) is 16.4 Å². The van der Waals surface area contributed by atoms with Crippen LogP contribution in [0, 0.1) is 5.41 Å². The van der Waals surface area contributed by atoms with Crippen LogP contribution in [-0.4, -0.2) is 50.1 Å². The summed E-state index contributed by atoms with van der Waals surface area (Å²) < 4.78 is 10.2. The van der Waals surface area contributed by atoms with Gasteiger partial charge in [0.2, 0.25) is 0 Å². The van der Waals surface area contributed by atoms with Crippen LogP contribution in [0.2, 0.25) is 0 Å². The molecule has 0 aliphatic carbocycles. The molecule has 0 amide bonds. The molecule has 1 spiro atoms. The number of hydrogen-bond donors (Lipinski definition) is 0. The highest BCUT2D eigenvalue weighted by molar-refractivity contribution is 9.10. The van der Waals surface area contributed by atoms with Gasteiger partial charge < -0.3 is 13.7 Å². The van der Waals surface area contributed by atoms with Crippen molar-refractivity contribution in [2.24, 2.45) is 5.41 Å². The molecule has 0 radical (unpaired) electrons. The third-order valence-electron chi connectivity index (χ3n) is 6.85. The van der Waals surface area contributed by atoms with Gasteiger partial charge in [-0.25, -0.2) is 4.98 Å². The molecule has 8 heteroatoms. The lowest BCUT2D eigenvalue weighted by Gasteiger charge is -2.22. The van der Waals surface area contributed by atoms with Crippen molar-refractivity contribution in [1.29, 1.82) is 0 Å². The number of likely N-dealkylation sites (tertiary alicyclic amines) is 1. The fourth-order valence-corrected chi connectivity index (χ4v) is 5.59. The van der Waals surface area contributed by atoms with Crippen molar-refractivity contribution in [2.75, 3.05) is 26.3 Å². The Morgan fingerprint density at radius 3 is 2.91 bits per heavy atom. The van der Waals surface area contributed by atoms with Gasteiger partial charge in [0.05, 0.1) is 24.2 Å². The van der Waals surface area contributed by atoms with Gasteiger partial charge in [-0.3, -0.25) is 14.7 Å². The predicted molar refractivity (Wildman–Crippen MR) is 126 cm³/mol. The summed E-state index contributed by atoms with van der Waals surface area (Å²) in [4.78, 5) is 24.3. The fourth-order valence-electron chi connectivity index (χ4n) is 5.12. The second-order valence-corrected chi connectivity index (χ2v) is 9.98. The summed E-state index contributed by atoms with van der Waals surface area (Å²) in [6, 6.07) is 6.16. The van der Waals surface area contributed by atoms with E-state index < -0.39 is 0 Å². The number of ether oxygens (including phenoxy) is 1. The third-order valence-corrected chi connectivity index (χ3v) is 7.49. The first-order valence-electron chi connectivity index (χ1n) is 11.0. The lowest BCUT2D eigenvalue weighted by Crippen LogP contribution is -2.27. The normalized spacial score (nSPS) is 21.4. The Bertz CT molecular complexity index is 1370. The zero-order valence-corrected chi connectivity index (χ0v) is 19.3. The Kier molecular flexibility index (Phi) is 4.89. The number of hydrogen-bond acceptors (Lipinski definition) is 5. The summed E-state index contributed by atoms with van der Waals surface area (Å²) in [5.74, 6) is 0. The van der Waals surface area contributed by atoms with Crippen molar-refractivity contribution in [3.05, 3.63) is 75.3 Å². The van der Waals surface area contributed by atoms with E-state index in [0.717, 1.165) is 54.0 Å². The van der Waals surface area contributed by atoms with E-state index in [9.17, 15) is 4.79 Å². The monoisotopic (exact) mass is 493 g/mol. The van der Waals surface area contributed by atoms with Crippen LogP contribution in [0.4, 0.5) is 0 Å². The highest BCUT2D eigenvalue weighted by Gasteiger charge is 2.41. The van der Waals surface area contributed by atoms with Gasteiger partial charge in [-0.2, -0.15) is 0 Å². The Hall–Kier alpha value is -2.55. The van der Waals surface area contributed by atoms with Crippen molar-refractivity contribution in [2.45, 2.75) is 25.9 Å². The van der Waals surface area contributed by atoms with E-state index in [1.807, 2.05) is 18.5 Å². The molecule has 2 saturated heterocycles. The average Bonchev–Trinajstić information content (AvgIpc) is 3.51. The van der Waals surface area contributed by atoms with Gasteiger partial charge in [0.15, 0.2) is 0 Å². The maximum absolute atomic E-state index is 12.9. The van der Waals surface area contributed by atoms with Gasteiger partial charge >= 0.3 is 0 Å². The zero-order valence-electron chi connectivity index (χ0n) is 17.7. The summed E-state index contributed by atoms with van der Waals surface area (Å²) in [5.41, 5.74) is 3.34. The minimum absolute atomic E-state index is 0.0621. The van der Waals surface area contributed by atoms with Crippen LogP contribution in [0.1, 0.15) is 24.1 Å². The summed E-state index contributed by atoms with van der Waals surface area (Å²) in [6.07, 6.45) is 11.7. The van der Waals surface area contributed by atoms with Crippen molar-refractivity contribution in [3.8, 4) is 0 Å². The Morgan fingerprint density at radius 2 is 2.03 bits per heavy atom. The molecule has 1 atom stereocenters. The zero-order chi connectivity index (χ0) is 21.7. The van der Waals surface area contributed by atoms with Gasteiger partial charge in [-0.1, -0.05) is 6.07 Å². The third kappa shape index (κ3) is 3.56. The van der Waals surface area contributed by atoms with Gasteiger partial charge in [-0.05, 0) is 53.0 Å². The van der Waals surface area contributed by atoms with E-state index in [0.29, 0.717) is 17.3 Å². The van der Waals surface area contributed by atoms with Crippen LogP contribution in [-0.2, 0) is 17.8 Å². The molecule has 32 heavy (non-hydrogen) atoms. The highest BCUT2D eigenvalue weighted by Crippen LogP contribution is 2.38. The standard InChI is InChI=1S/C24H24BrN5O2/c25-21-10-26-9-20-19(21)3-6-29(23(20)31)13-18-14-30-12-17(1-2-22(30)27-18)11-28-7-4-24(15-28)5-8-32-16-24/h1-3,6,9-10,12,14H,4-5,7-8,11,13,15-16H2. The van der Waals surface area contributed by atoms with Gasteiger partial charge in [0.1, 0.15) is 5.65 Å². The maximum atomic E-state index is 12.9. The number of rotatable bonds is 4. The second-order valence-electron chi connectivity index (χ2n) is 9.13. The van der Waals surface area contributed by atoms with E-state index in [2.05, 4.69) is 48.5 Å². The SMILES string of the molecule is O=c1c2cncc(Br)c2ccn1Cc1cn2cc(CN3CCC4(CCOC4)C3)ccc2n1. The number of pyridine rings is 3. The van der Waals surface area contributed by atoms with Crippen molar-refractivity contribution in [1.82, 2.24) is 23.8 Å². The lowest BCUT2D eigenvalue weighted by atomic mass is 9.87. The number of imidazole rings is 1. The highest BCUT2D eigenvalue weighted by atomic mass is 79.9. The van der Waals surface area contributed by atoms with Gasteiger partial charge in [0.25, 0.3) is 5.56 Å². The molecule has 6 rings (SSSR count). The number of nitrogens with zero attached hydrogens (tertiary/aromatic N) is 5. The van der Waals surface area contributed by atoms with E-state index >= 15 is 0 Å². The number of aromatic nitrogens is 4. The molecule has 4 aromatic heterocycles. The molecule has 6 heterocycles. The summed E-state index contributed by atoms with van der Waals surface area (Å²) in [7, 11) is 0. The van der Waals surface area contributed by atoms with E-state index in [1.54, 1.807) is 17.0 Å². The van der Waals surface area contributed by atoms with Crippen LogP contribution in [0.3, 0.4) is 0 Å². The molecule has 0 saturated carbocycles. The smallest absolute Gasteiger partial charge is 0.260 e. The average molecular weight is 494 g/mol. The molecule has 0 aromatic carbocycles. The molecule has 164 valence electrons. The van der Waals surface area contributed by atoms with E-state index in [1.165, 1.54) is 18.4 Å². The molecule has 2 aliphatic heterocycles. The molecular formula is C24H24BrN5O2. The molecule has 2 fully saturated rings. The molecule has 0 bridgehead atoms. The van der Waals surface area contributed by atoms with Crippen LogP contribution in [0.15, 0.2) is 58.5 Å². The maximum Gasteiger partial charge on any atom is 0.260 e. The van der Waals surface area contributed by atoms with Crippen molar-refractivity contribution in [3.63, 3.8) is 0 Å². The van der Waals surface area contributed by atoms with Crippen LogP contribution < -0.4 is 5.56 Å². The van der Waals surface area contributed by atoms with Gasteiger partial charge in [-0.15, -0.1) is 0 Å². The Balaban J connectivity index is 1.22.